The van der Waals surface area contributed by atoms with Crippen molar-refractivity contribution in [2.45, 2.75) is 32.6 Å². The first kappa shape index (κ1) is 13.7. The van der Waals surface area contributed by atoms with Gasteiger partial charge in [0.25, 0.3) is 0 Å². The van der Waals surface area contributed by atoms with Crippen molar-refractivity contribution in [2.24, 2.45) is 0 Å². The molecule has 0 heterocycles. The van der Waals surface area contributed by atoms with Crippen LogP contribution in [0.3, 0.4) is 0 Å². The maximum absolute atomic E-state index is 12.0. The number of Topliss-reactive ketones (excluding diaryl/α,β-unsaturated/α-hetero) is 1. The van der Waals surface area contributed by atoms with Gasteiger partial charge < -0.3 is 9.47 Å². The zero-order chi connectivity index (χ0) is 13.7. The second-order valence-corrected chi connectivity index (χ2v) is 4.50. The van der Waals surface area contributed by atoms with Gasteiger partial charge in [0.15, 0.2) is 11.5 Å². The summed E-state index contributed by atoms with van der Waals surface area (Å²) in [6.45, 7) is 5.07. The number of hydrogen-bond acceptors (Lipinski definition) is 3. The minimum absolute atomic E-state index is 0.0418. The lowest BCUT2D eigenvalue weighted by Gasteiger charge is -2.19. The van der Waals surface area contributed by atoms with Crippen LogP contribution in [0.15, 0.2) is 30.4 Å². The molecule has 1 aliphatic rings. The Labute approximate surface area is 114 Å². The molecular formula is C16H20O3. The number of carbonyl (C=O) groups is 1. The van der Waals surface area contributed by atoms with Gasteiger partial charge in [-0.3, -0.25) is 4.79 Å². The van der Waals surface area contributed by atoms with Crippen LogP contribution in [0.1, 0.15) is 38.2 Å². The molecule has 1 unspecified atom stereocenters. The molecule has 0 saturated carbocycles. The first-order valence-electron chi connectivity index (χ1n) is 6.83. The fourth-order valence-corrected chi connectivity index (χ4v) is 2.31. The molecule has 0 bridgehead atoms. The molecule has 0 amide bonds. The summed E-state index contributed by atoms with van der Waals surface area (Å²) in [6.07, 6.45) is 5.32. The van der Waals surface area contributed by atoms with Crippen LogP contribution in [0.5, 0.6) is 11.5 Å². The summed E-state index contributed by atoms with van der Waals surface area (Å²) >= 11 is 0. The van der Waals surface area contributed by atoms with Crippen LogP contribution in [-0.4, -0.2) is 19.0 Å². The Morgan fingerprint density at radius 2 is 1.84 bits per heavy atom. The second-order valence-electron chi connectivity index (χ2n) is 4.50. The molecule has 0 N–H and O–H groups in total. The molecule has 1 aliphatic carbocycles. The number of hydrogen-bond donors (Lipinski definition) is 0. The van der Waals surface area contributed by atoms with Gasteiger partial charge in [-0.15, -0.1) is 0 Å². The monoisotopic (exact) mass is 260 g/mol. The van der Waals surface area contributed by atoms with E-state index in [1.807, 2.05) is 38.1 Å². The maximum atomic E-state index is 12.0. The molecule has 102 valence electrons. The van der Waals surface area contributed by atoms with Gasteiger partial charge in [-0.2, -0.15) is 0 Å². The minimum Gasteiger partial charge on any atom is -0.490 e. The highest BCUT2D eigenvalue weighted by Gasteiger charge is 2.22. The molecule has 0 aliphatic heterocycles. The third-order valence-electron chi connectivity index (χ3n) is 3.22. The number of ketones is 1. The lowest BCUT2D eigenvalue weighted by atomic mass is 9.86. The van der Waals surface area contributed by atoms with Crippen LogP contribution in [0, 0.1) is 0 Å². The number of ether oxygens (including phenoxy) is 2. The Balaban J connectivity index is 2.28. The zero-order valence-corrected chi connectivity index (χ0v) is 11.5. The highest BCUT2D eigenvalue weighted by atomic mass is 16.5. The van der Waals surface area contributed by atoms with Gasteiger partial charge >= 0.3 is 0 Å². The van der Waals surface area contributed by atoms with E-state index in [2.05, 4.69) is 6.08 Å². The molecule has 1 aromatic rings. The van der Waals surface area contributed by atoms with Gasteiger partial charge in [0, 0.05) is 12.3 Å². The van der Waals surface area contributed by atoms with Gasteiger partial charge in [0.05, 0.1) is 13.2 Å². The molecule has 19 heavy (non-hydrogen) atoms. The molecule has 3 nitrogen and oxygen atoms in total. The summed E-state index contributed by atoms with van der Waals surface area (Å²) in [5.74, 6) is 1.70. The molecule has 2 rings (SSSR count). The van der Waals surface area contributed by atoms with Crippen LogP contribution in [0.4, 0.5) is 0 Å². The average Bonchev–Trinajstić information content (AvgIpc) is 2.42. The van der Waals surface area contributed by atoms with E-state index in [-0.39, 0.29) is 11.7 Å². The lowest BCUT2D eigenvalue weighted by Crippen LogP contribution is -2.14. The third-order valence-corrected chi connectivity index (χ3v) is 3.22. The Hall–Kier alpha value is -1.77. The smallest absolute Gasteiger partial charge is 0.161 e. The summed E-state index contributed by atoms with van der Waals surface area (Å²) in [6, 6.07) is 5.81. The van der Waals surface area contributed by atoms with Crippen LogP contribution in [0.25, 0.3) is 0 Å². The van der Waals surface area contributed by atoms with Crippen molar-refractivity contribution >= 4 is 5.78 Å². The van der Waals surface area contributed by atoms with Gasteiger partial charge in [-0.25, -0.2) is 0 Å². The van der Waals surface area contributed by atoms with Crippen molar-refractivity contribution in [3.63, 3.8) is 0 Å². The SMILES string of the molecule is CCOc1ccc(C2CC=CCC2=O)cc1OCC. The van der Waals surface area contributed by atoms with E-state index < -0.39 is 0 Å². The Morgan fingerprint density at radius 1 is 1.11 bits per heavy atom. The fraction of sp³-hybridized carbons (Fsp3) is 0.438. The summed E-state index contributed by atoms with van der Waals surface area (Å²) in [7, 11) is 0. The standard InChI is InChI=1S/C16H20O3/c1-3-18-15-10-9-12(11-16(15)19-4-2)13-7-5-6-8-14(13)17/h5-6,9-11,13H,3-4,7-8H2,1-2H3. The van der Waals surface area contributed by atoms with Gasteiger partial charge in [0.2, 0.25) is 0 Å². The number of carbonyl (C=O) groups excluding carboxylic acids is 1. The molecule has 1 atom stereocenters. The van der Waals surface area contributed by atoms with E-state index in [4.69, 9.17) is 9.47 Å². The highest BCUT2D eigenvalue weighted by molar-refractivity contribution is 5.88. The first-order valence-corrected chi connectivity index (χ1v) is 6.83. The minimum atomic E-state index is -0.0418. The van der Waals surface area contributed by atoms with E-state index in [0.29, 0.717) is 19.6 Å². The predicted molar refractivity (Wildman–Crippen MR) is 74.9 cm³/mol. The zero-order valence-electron chi connectivity index (χ0n) is 11.5. The van der Waals surface area contributed by atoms with Crippen molar-refractivity contribution < 1.29 is 14.3 Å². The quantitative estimate of drug-likeness (QED) is 0.760. The van der Waals surface area contributed by atoms with Crippen molar-refractivity contribution in [3.8, 4) is 11.5 Å². The van der Waals surface area contributed by atoms with Crippen molar-refractivity contribution in [1.29, 1.82) is 0 Å². The largest absolute Gasteiger partial charge is 0.490 e. The molecule has 0 fully saturated rings. The van der Waals surface area contributed by atoms with Crippen LogP contribution >= 0.6 is 0 Å². The Bertz CT molecular complexity index is 477. The Morgan fingerprint density at radius 3 is 2.53 bits per heavy atom. The summed E-state index contributed by atoms with van der Waals surface area (Å²) in [4.78, 5) is 12.0. The molecular weight excluding hydrogens is 240 g/mol. The van der Waals surface area contributed by atoms with E-state index in [1.165, 1.54) is 0 Å². The van der Waals surface area contributed by atoms with Gasteiger partial charge in [-0.1, -0.05) is 18.2 Å². The van der Waals surface area contributed by atoms with Gasteiger partial charge in [-0.05, 0) is 38.0 Å². The molecule has 0 aromatic heterocycles. The van der Waals surface area contributed by atoms with E-state index in [0.717, 1.165) is 23.5 Å². The molecule has 0 saturated heterocycles. The first-order chi connectivity index (χ1) is 9.26. The van der Waals surface area contributed by atoms with Crippen LogP contribution in [0.2, 0.25) is 0 Å². The number of allylic oxidation sites excluding steroid dienone is 2. The van der Waals surface area contributed by atoms with E-state index in [9.17, 15) is 4.79 Å². The summed E-state index contributed by atoms with van der Waals surface area (Å²) in [5.41, 5.74) is 1.02. The van der Waals surface area contributed by atoms with Crippen molar-refractivity contribution in [2.75, 3.05) is 13.2 Å². The normalized spacial score (nSPS) is 18.4. The maximum Gasteiger partial charge on any atom is 0.161 e. The molecule has 3 heteroatoms. The van der Waals surface area contributed by atoms with Crippen molar-refractivity contribution in [1.82, 2.24) is 0 Å². The average molecular weight is 260 g/mol. The predicted octanol–water partition coefficient (Wildman–Crippen LogP) is 3.49. The summed E-state index contributed by atoms with van der Waals surface area (Å²) in [5, 5.41) is 0. The Kier molecular flexibility index (Phi) is 4.61. The molecule has 1 aromatic carbocycles. The van der Waals surface area contributed by atoms with Gasteiger partial charge in [0.1, 0.15) is 5.78 Å². The van der Waals surface area contributed by atoms with E-state index >= 15 is 0 Å². The summed E-state index contributed by atoms with van der Waals surface area (Å²) < 4.78 is 11.1. The molecule has 0 spiro atoms. The third kappa shape index (κ3) is 3.16. The topological polar surface area (TPSA) is 35.5 Å². The molecule has 0 radical (unpaired) electrons. The second kappa shape index (κ2) is 6.41. The highest BCUT2D eigenvalue weighted by Crippen LogP contribution is 2.34. The fourth-order valence-electron chi connectivity index (χ4n) is 2.31. The van der Waals surface area contributed by atoms with Crippen LogP contribution < -0.4 is 9.47 Å². The number of benzene rings is 1. The van der Waals surface area contributed by atoms with Crippen molar-refractivity contribution in [3.05, 3.63) is 35.9 Å². The van der Waals surface area contributed by atoms with Crippen LogP contribution in [-0.2, 0) is 4.79 Å². The number of rotatable bonds is 5. The lowest BCUT2D eigenvalue weighted by molar-refractivity contribution is -0.119. The van der Waals surface area contributed by atoms with E-state index in [1.54, 1.807) is 0 Å².